The summed E-state index contributed by atoms with van der Waals surface area (Å²) >= 11 is 0. The average Bonchev–Trinajstić information content (AvgIpc) is 3.55. The first-order valence-corrected chi connectivity index (χ1v) is 12.8. The summed E-state index contributed by atoms with van der Waals surface area (Å²) in [5, 5.41) is -0.527. The molecule has 1 N–H and O–H groups in total. The topological polar surface area (TPSA) is 72.5 Å². The third kappa shape index (κ3) is 4.10. The number of nitrogens with one attached hydrogen (secondary N) is 1. The predicted molar refractivity (Wildman–Crippen MR) is 112 cm³/mol. The van der Waals surface area contributed by atoms with Crippen molar-refractivity contribution < 1.29 is 22.3 Å². The molecule has 0 aromatic heterocycles. The van der Waals surface area contributed by atoms with Gasteiger partial charge in [0.2, 0.25) is 10.0 Å². The first-order valence-electron chi connectivity index (χ1n) is 11.2. The molecule has 0 bridgehead atoms. The third-order valence-electron chi connectivity index (χ3n) is 7.61. The maximum absolute atomic E-state index is 14.8. The van der Waals surface area contributed by atoms with E-state index in [1.165, 1.54) is 37.8 Å². The molecule has 0 radical (unpaired) electrons. The molecule has 5 rings (SSSR count). The van der Waals surface area contributed by atoms with Crippen LogP contribution in [0.1, 0.15) is 93.0 Å². The molecule has 0 atom stereocenters. The first-order chi connectivity index (χ1) is 14.2. The van der Waals surface area contributed by atoms with Crippen molar-refractivity contribution in [3.8, 4) is 5.75 Å². The maximum Gasteiger partial charge on any atom is 0.267 e. The molecule has 5 nitrogen and oxygen atoms in total. The van der Waals surface area contributed by atoms with Crippen LogP contribution in [0.3, 0.4) is 0 Å². The van der Waals surface area contributed by atoms with E-state index < -0.39 is 27.0 Å². The van der Waals surface area contributed by atoms with Gasteiger partial charge in [-0.1, -0.05) is 6.92 Å². The summed E-state index contributed by atoms with van der Waals surface area (Å²) in [5.41, 5.74) is 1.32. The molecule has 0 saturated heterocycles. The van der Waals surface area contributed by atoms with Crippen LogP contribution in [0.4, 0.5) is 4.39 Å². The number of hydrogen-bond donors (Lipinski definition) is 1. The lowest BCUT2D eigenvalue weighted by Crippen LogP contribution is -2.34. The third-order valence-corrected chi connectivity index (χ3v) is 9.43. The lowest BCUT2D eigenvalue weighted by atomic mass is 9.71. The van der Waals surface area contributed by atoms with Crippen LogP contribution in [0, 0.1) is 16.6 Å². The summed E-state index contributed by atoms with van der Waals surface area (Å²) in [6.07, 6.45) is 10.5. The van der Waals surface area contributed by atoms with Crippen LogP contribution in [-0.2, 0) is 10.0 Å². The number of sulfonamides is 1. The van der Waals surface area contributed by atoms with Crippen LogP contribution >= 0.6 is 0 Å². The molecule has 4 aliphatic carbocycles. The normalized spacial score (nSPS) is 24.5. The highest BCUT2D eigenvalue weighted by atomic mass is 32.2. The molecule has 4 fully saturated rings. The smallest absolute Gasteiger partial charge is 0.267 e. The summed E-state index contributed by atoms with van der Waals surface area (Å²) in [7, 11) is -3.71. The molecule has 4 saturated carbocycles. The van der Waals surface area contributed by atoms with Gasteiger partial charge in [0.1, 0.15) is 11.6 Å². The number of ether oxygens (including phenoxy) is 1. The highest BCUT2D eigenvalue weighted by molar-refractivity contribution is 7.91. The fourth-order valence-electron chi connectivity index (χ4n) is 4.69. The van der Waals surface area contributed by atoms with Crippen molar-refractivity contribution in [2.75, 3.05) is 6.61 Å². The van der Waals surface area contributed by atoms with E-state index in [4.69, 9.17) is 4.74 Å². The van der Waals surface area contributed by atoms with Gasteiger partial charge >= 0.3 is 0 Å². The summed E-state index contributed by atoms with van der Waals surface area (Å²) in [5.74, 6) is -0.865. The van der Waals surface area contributed by atoms with E-state index in [2.05, 4.69) is 6.92 Å². The van der Waals surface area contributed by atoms with Gasteiger partial charge in [-0.15, -0.1) is 0 Å². The SMILES string of the molecule is CC1(COc2cc(F)c(C(=O)NS(=O)(=O)C3CC3)cc2C2CC2)CCC2(CC1)CC2. The van der Waals surface area contributed by atoms with E-state index >= 15 is 0 Å². The van der Waals surface area contributed by atoms with E-state index in [0.29, 0.717) is 30.6 Å². The van der Waals surface area contributed by atoms with Crippen molar-refractivity contribution >= 4 is 15.9 Å². The number of carbonyl (C=O) groups excluding carboxylic acids is 1. The molecule has 1 amide bonds. The van der Waals surface area contributed by atoms with Gasteiger partial charge in [0.25, 0.3) is 5.91 Å². The Morgan fingerprint density at radius 1 is 1.10 bits per heavy atom. The minimum Gasteiger partial charge on any atom is -0.493 e. The zero-order valence-corrected chi connectivity index (χ0v) is 18.3. The highest BCUT2D eigenvalue weighted by Crippen LogP contribution is 2.59. The number of halogens is 1. The van der Waals surface area contributed by atoms with E-state index in [1.54, 1.807) is 0 Å². The first kappa shape index (κ1) is 20.3. The van der Waals surface area contributed by atoms with Gasteiger partial charge in [0.05, 0.1) is 17.4 Å². The molecule has 0 aliphatic heterocycles. The Morgan fingerprint density at radius 3 is 2.30 bits per heavy atom. The highest BCUT2D eigenvalue weighted by Gasteiger charge is 2.48. The Kier molecular flexibility index (Phi) is 4.69. The van der Waals surface area contributed by atoms with Crippen LogP contribution in [0.25, 0.3) is 0 Å². The lowest BCUT2D eigenvalue weighted by molar-refractivity contribution is 0.0869. The van der Waals surface area contributed by atoms with Gasteiger partial charge in [-0.05, 0) is 87.2 Å². The van der Waals surface area contributed by atoms with Crippen LogP contribution in [0.2, 0.25) is 0 Å². The largest absolute Gasteiger partial charge is 0.493 e. The number of amides is 1. The van der Waals surface area contributed by atoms with Crippen LogP contribution in [-0.4, -0.2) is 26.2 Å². The Balaban J connectivity index is 1.31. The van der Waals surface area contributed by atoms with Crippen molar-refractivity contribution in [3.05, 3.63) is 29.1 Å². The van der Waals surface area contributed by atoms with E-state index in [1.807, 2.05) is 4.72 Å². The van der Waals surface area contributed by atoms with E-state index in [0.717, 1.165) is 31.2 Å². The second-order valence-electron chi connectivity index (χ2n) is 10.4. The minimum absolute atomic E-state index is 0.0968. The molecule has 1 aromatic rings. The Hall–Kier alpha value is -1.63. The summed E-state index contributed by atoms with van der Waals surface area (Å²) in [4.78, 5) is 12.5. The van der Waals surface area contributed by atoms with Crippen molar-refractivity contribution in [1.82, 2.24) is 4.72 Å². The van der Waals surface area contributed by atoms with Gasteiger partial charge < -0.3 is 4.74 Å². The molecule has 4 aliphatic rings. The molecule has 0 unspecified atom stereocenters. The molecular weight excluding hydrogens is 405 g/mol. The second-order valence-corrected chi connectivity index (χ2v) is 12.4. The fraction of sp³-hybridized carbons (Fsp3) is 0.696. The minimum atomic E-state index is -3.71. The van der Waals surface area contributed by atoms with Crippen LogP contribution in [0.5, 0.6) is 5.75 Å². The summed E-state index contributed by atoms with van der Waals surface area (Å²) in [6, 6.07) is 2.78. The quantitative estimate of drug-likeness (QED) is 0.676. The monoisotopic (exact) mass is 435 g/mol. The molecule has 7 heteroatoms. The molecule has 164 valence electrons. The number of benzene rings is 1. The molecule has 1 aromatic carbocycles. The standard InChI is InChI=1S/C23H30FNO4S/c1-22(6-8-23(9-7-22)10-11-23)14-29-20-13-19(24)18(12-17(20)15-2-3-15)21(26)25-30(27,28)16-4-5-16/h12-13,15-16H,2-11,14H2,1H3,(H,25,26). The van der Waals surface area contributed by atoms with Crippen molar-refractivity contribution in [1.29, 1.82) is 0 Å². The Morgan fingerprint density at radius 2 is 1.73 bits per heavy atom. The average molecular weight is 436 g/mol. The van der Waals surface area contributed by atoms with Crippen LogP contribution in [0.15, 0.2) is 12.1 Å². The van der Waals surface area contributed by atoms with Crippen molar-refractivity contribution in [3.63, 3.8) is 0 Å². The molecule has 1 spiro atoms. The maximum atomic E-state index is 14.8. The number of hydrogen-bond acceptors (Lipinski definition) is 4. The zero-order chi connectivity index (χ0) is 21.1. The van der Waals surface area contributed by atoms with E-state index in [9.17, 15) is 17.6 Å². The van der Waals surface area contributed by atoms with Gasteiger partial charge in [-0.25, -0.2) is 17.5 Å². The summed E-state index contributed by atoms with van der Waals surface area (Å²) in [6.45, 7) is 2.80. The second kappa shape index (κ2) is 6.94. The number of carbonyl (C=O) groups is 1. The number of rotatable bonds is 7. The van der Waals surface area contributed by atoms with Gasteiger partial charge in [-0.3, -0.25) is 4.79 Å². The van der Waals surface area contributed by atoms with Gasteiger partial charge in [0.15, 0.2) is 0 Å². The van der Waals surface area contributed by atoms with Crippen molar-refractivity contribution in [2.45, 2.75) is 82.3 Å². The predicted octanol–water partition coefficient (Wildman–Crippen LogP) is 4.66. The Bertz CT molecular complexity index is 967. The molecule has 30 heavy (non-hydrogen) atoms. The van der Waals surface area contributed by atoms with E-state index in [-0.39, 0.29) is 16.9 Å². The Labute approximate surface area is 177 Å². The van der Waals surface area contributed by atoms with Crippen LogP contribution < -0.4 is 9.46 Å². The summed E-state index contributed by atoms with van der Waals surface area (Å²) < 4.78 is 47.1. The van der Waals surface area contributed by atoms with Gasteiger partial charge in [0, 0.05) is 11.5 Å². The zero-order valence-electron chi connectivity index (χ0n) is 17.5. The molecule has 0 heterocycles. The lowest BCUT2D eigenvalue weighted by Gasteiger charge is -2.37. The molecular formula is C23H30FNO4S. The van der Waals surface area contributed by atoms with Gasteiger partial charge in [-0.2, -0.15) is 0 Å². The fourth-order valence-corrected chi connectivity index (χ4v) is 5.98. The van der Waals surface area contributed by atoms with Crippen molar-refractivity contribution in [2.24, 2.45) is 10.8 Å².